The number of carbonyl (C=O) groups is 2. The Hall–Kier alpha value is -0.750. The highest BCUT2D eigenvalue weighted by Gasteiger charge is 2.41. The first-order chi connectivity index (χ1) is 7.49. The number of hydrogen-bond acceptors (Lipinski definition) is 4. The van der Waals surface area contributed by atoms with Crippen LogP contribution in [0.4, 0.5) is 0 Å². The minimum Gasteiger partial charge on any atom is -0.480 e. The van der Waals surface area contributed by atoms with Crippen LogP contribution in [0.5, 0.6) is 0 Å². The van der Waals surface area contributed by atoms with E-state index in [9.17, 15) is 9.59 Å². The van der Waals surface area contributed by atoms with Gasteiger partial charge < -0.3 is 16.2 Å². The smallest absolute Gasteiger partial charge is 0.326 e. The Labute approximate surface area is 99.1 Å². The molecule has 0 spiro atoms. The van der Waals surface area contributed by atoms with Gasteiger partial charge in [-0.1, -0.05) is 0 Å². The van der Waals surface area contributed by atoms with E-state index in [-0.39, 0.29) is 5.91 Å². The number of carboxylic acids is 1. The first-order valence-electron chi connectivity index (χ1n) is 5.31. The standard InChI is InChI=1S/C10H18N2O3S/c1-16-6-3-7(8(13)14)12-9(15)10(11)4-2-5-10/h7H,2-6,11H2,1H3,(H,12,15)(H,13,14)/t7-/m1/s1. The van der Waals surface area contributed by atoms with Crippen molar-refractivity contribution in [3.63, 3.8) is 0 Å². The molecule has 5 nitrogen and oxygen atoms in total. The molecule has 1 amide bonds. The molecule has 6 heteroatoms. The molecular weight excluding hydrogens is 228 g/mol. The fourth-order valence-corrected chi connectivity index (χ4v) is 2.05. The quantitative estimate of drug-likeness (QED) is 0.622. The average Bonchev–Trinajstić information content (AvgIpc) is 2.19. The molecule has 0 saturated heterocycles. The molecule has 0 radical (unpaired) electrons. The van der Waals surface area contributed by atoms with Crippen LogP contribution in [-0.4, -0.2) is 40.6 Å². The van der Waals surface area contributed by atoms with Crippen LogP contribution in [-0.2, 0) is 9.59 Å². The second kappa shape index (κ2) is 5.54. The van der Waals surface area contributed by atoms with Crippen molar-refractivity contribution in [2.24, 2.45) is 5.73 Å². The first kappa shape index (κ1) is 13.3. The molecule has 0 unspecified atom stereocenters. The molecule has 0 aromatic carbocycles. The molecule has 0 aromatic rings. The van der Waals surface area contributed by atoms with E-state index in [1.165, 1.54) is 0 Å². The van der Waals surface area contributed by atoms with Crippen molar-refractivity contribution < 1.29 is 14.7 Å². The third-order valence-electron chi connectivity index (χ3n) is 2.91. The molecule has 4 N–H and O–H groups in total. The topological polar surface area (TPSA) is 92.4 Å². The molecule has 1 saturated carbocycles. The van der Waals surface area contributed by atoms with Gasteiger partial charge in [-0.05, 0) is 37.7 Å². The lowest BCUT2D eigenvalue weighted by Gasteiger charge is -2.37. The van der Waals surface area contributed by atoms with E-state index in [1.54, 1.807) is 11.8 Å². The maximum Gasteiger partial charge on any atom is 0.326 e. The van der Waals surface area contributed by atoms with Gasteiger partial charge >= 0.3 is 5.97 Å². The number of thioether (sulfide) groups is 1. The number of nitrogens with one attached hydrogen (secondary N) is 1. The lowest BCUT2D eigenvalue weighted by molar-refractivity contribution is -0.143. The monoisotopic (exact) mass is 246 g/mol. The third kappa shape index (κ3) is 3.12. The molecule has 0 bridgehead atoms. The summed E-state index contributed by atoms with van der Waals surface area (Å²) in [6.45, 7) is 0. The Morgan fingerprint density at radius 2 is 2.19 bits per heavy atom. The minimum absolute atomic E-state index is 0.327. The Kier molecular flexibility index (Phi) is 4.61. The molecule has 1 fully saturated rings. The zero-order chi connectivity index (χ0) is 12.2. The van der Waals surface area contributed by atoms with Crippen LogP contribution in [0.25, 0.3) is 0 Å². The second-order valence-corrected chi connectivity index (χ2v) is 5.14. The Balaban J connectivity index is 2.47. The van der Waals surface area contributed by atoms with Crippen molar-refractivity contribution in [1.82, 2.24) is 5.32 Å². The van der Waals surface area contributed by atoms with Gasteiger partial charge in [0.15, 0.2) is 0 Å². The Bertz CT molecular complexity index is 279. The van der Waals surface area contributed by atoms with Crippen molar-refractivity contribution in [3.8, 4) is 0 Å². The lowest BCUT2D eigenvalue weighted by Crippen LogP contribution is -2.61. The summed E-state index contributed by atoms with van der Waals surface area (Å²) in [5, 5.41) is 11.5. The largest absolute Gasteiger partial charge is 0.480 e. The second-order valence-electron chi connectivity index (χ2n) is 4.16. The van der Waals surface area contributed by atoms with Crippen LogP contribution < -0.4 is 11.1 Å². The molecule has 0 heterocycles. The molecular formula is C10H18N2O3S. The van der Waals surface area contributed by atoms with Gasteiger partial charge in [0, 0.05) is 0 Å². The summed E-state index contributed by atoms with van der Waals surface area (Å²) in [6.07, 6.45) is 4.56. The van der Waals surface area contributed by atoms with Crippen molar-refractivity contribution in [2.45, 2.75) is 37.3 Å². The normalized spacial score (nSPS) is 19.6. The van der Waals surface area contributed by atoms with Crippen molar-refractivity contribution in [3.05, 3.63) is 0 Å². The van der Waals surface area contributed by atoms with Crippen molar-refractivity contribution in [1.29, 1.82) is 0 Å². The molecule has 92 valence electrons. The fourth-order valence-electron chi connectivity index (χ4n) is 1.58. The van der Waals surface area contributed by atoms with Crippen LogP contribution in [0.3, 0.4) is 0 Å². The number of nitrogens with two attached hydrogens (primary N) is 1. The summed E-state index contributed by atoms with van der Waals surface area (Å²) in [6, 6.07) is -0.819. The SMILES string of the molecule is CSCC[C@@H](NC(=O)C1(N)CCC1)C(=O)O. The average molecular weight is 246 g/mol. The van der Waals surface area contributed by atoms with Crippen LogP contribution in [0.2, 0.25) is 0 Å². The summed E-state index contributed by atoms with van der Waals surface area (Å²) in [5.41, 5.74) is 4.99. The molecule has 1 aliphatic rings. The van der Waals surface area contributed by atoms with Gasteiger partial charge in [-0.15, -0.1) is 0 Å². The molecule has 0 aliphatic heterocycles. The van der Waals surface area contributed by atoms with E-state index in [0.717, 1.165) is 6.42 Å². The van der Waals surface area contributed by atoms with Crippen molar-refractivity contribution >= 4 is 23.6 Å². The summed E-state index contributed by atoms with van der Waals surface area (Å²) >= 11 is 1.56. The van der Waals surface area contributed by atoms with Gasteiger partial charge in [0.25, 0.3) is 0 Å². The van der Waals surface area contributed by atoms with E-state index in [2.05, 4.69) is 5.32 Å². The van der Waals surface area contributed by atoms with Gasteiger partial charge in [0.1, 0.15) is 6.04 Å². The summed E-state index contributed by atoms with van der Waals surface area (Å²) in [5.74, 6) is -0.618. The van der Waals surface area contributed by atoms with Crippen molar-refractivity contribution in [2.75, 3.05) is 12.0 Å². The van der Waals surface area contributed by atoms with E-state index < -0.39 is 17.6 Å². The van der Waals surface area contributed by atoms with Gasteiger partial charge in [-0.2, -0.15) is 11.8 Å². The van der Waals surface area contributed by atoms with Gasteiger partial charge in [-0.3, -0.25) is 4.79 Å². The molecule has 0 aromatic heterocycles. The fraction of sp³-hybridized carbons (Fsp3) is 0.800. The third-order valence-corrected chi connectivity index (χ3v) is 3.56. The predicted octanol–water partition coefficient (Wildman–Crippen LogP) is 0.190. The van der Waals surface area contributed by atoms with Crippen LogP contribution in [0.15, 0.2) is 0 Å². The van der Waals surface area contributed by atoms with Crippen LogP contribution >= 0.6 is 11.8 Å². The number of carboxylic acid groups (broad SMARTS) is 1. The summed E-state index contributed by atoms with van der Waals surface area (Å²) in [4.78, 5) is 22.6. The van der Waals surface area contributed by atoms with E-state index >= 15 is 0 Å². The molecule has 16 heavy (non-hydrogen) atoms. The number of rotatable bonds is 6. The Morgan fingerprint density at radius 1 is 1.56 bits per heavy atom. The highest BCUT2D eigenvalue weighted by atomic mass is 32.2. The zero-order valence-electron chi connectivity index (χ0n) is 9.36. The van der Waals surface area contributed by atoms with E-state index in [4.69, 9.17) is 10.8 Å². The lowest BCUT2D eigenvalue weighted by atomic mass is 9.77. The molecule has 1 aliphatic carbocycles. The number of hydrogen-bond donors (Lipinski definition) is 3. The molecule has 1 rings (SSSR count). The van der Waals surface area contributed by atoms with E-state index in [0.29, 0.717) is 25.0 Å². The predicted molar refractivity (Wildman–Crippen MR) is 63.3 cm³/mol. The summed E-state index contributed by atoms with van der Waals surface area (Å²) < 4.78 is 0. The highest BCUT2D eigenvalue weighted by molar-refractivity contribution is 7.98. The Morgan fingerprint density at radius 3 is 2.56 bits per heavy atom. The van der Waals surface area contributed by atoms with Crippen LogP contribution in [0.1, 0.15) is 25.7 Å². The number of amides is 1. The summed E-state index contributed by atoms with van der Waals surface area (Å²) in [7, 11) is 0. The van der Waals surface area contributed by atoms with Gasteiger partial charge in [0.2, 0.25) is 5.91 Å². The van der Waals surface area contributed by atoms with Gasteiger partial charge in [0.05, 0.1) is 5.54 Å². The molecule has 1 atom stereocenters. The maximum absolute atomic E-state index is 11.7. The zero-order valence-corrected chi connectivity index (χ0v) is 10.2. The van der Waals surface area contributed by atoms with Gasteiger partial charge in [-0.25, -0.2) is 4.79 Å². The highest BCUT2D eigenvalue weighted by Crippen LogP contribution is 2.29. The minimum atomic E-state index is -0.995. The number of carbonyl (C=O) groups excluding carboxylic acids is 1. The number of aliphatic carboxylic acids is 1. The maximum atomic E-state index is 11.7. The first-order valence-corrected chi connectivity index (χ1v) is 6.70. The van der Waals surface area contributed by atoms with Crippen LogP contribution in [0, 0.1) is 0 Å². The van der Waals surface area contributed by atoms with E-state index in [1.807, 2.05) is 6.26 Å².